The fraction of sp³-hybridized carbons (Fsp3) is 0.522. The van der Waals surface area contributed by atoms with Crippen LogP contribution >= 0.6 is 11.3 Å². The molecule has 3 heterocycles. The van der Waals surface area contributed by atoms with E-state index in [1.54, 1.807) is 11.3 Å². The third-order valence-electron chi connectivity index (χ3n) is 6.04. The molecule has 0 unspecified atom stereocenters. The molecule has 2 aliphatic rings. The third kappa shape index (κ3) is 5.08. The second-order valence-corrected chi connectivity index (χ2v) is 8.97. The molecule has 0 atom stereocenters. The van der Waals surface area contributed by atoms with Gasteiger partial charge in [0.05, 0.1) is 18.7 Å². The van der Waals surface area contributed by atoms with Gasteiger partial charge >= 0.3 is 0 Å². The van der Waals surface area contributed by atoms with Gasteiger partial charge in [0.25, 0.3) is 0 Å². The van der Waals surface area contributed by atoms with Crippen molar-refractivity contribution in [3.05, 3.63) is 40.9 Å². The first-order valence-electron chi connectivity index (χ1n) is 10.9. The Morgan fingerprint density at radius 3 is 2.27 bits per heavy atom. The summed E-state index contributed by atoms with van der Waals surface area (Å²) in [7, 11) is 0. The molecule has 0 aliphatic carbocycles. The normalized spacial score (nSPS) is 17.5. The van der Waals surface area contributed by atoms with E-state index in [1.165, 1.54) is 5.56 Å². The summed E-state index contributed by atoms with van der Waals surface area (Å²) in [4.78, 5) is 35.8. The van der Waals surface area contributed by atoms with Gasteiger partial charge in [0.2, 0.25) is 11.8 Å². The van der Waals surface area contributed by atoms with E-state index in [9.17, 15) is 9.59 Å². The van der Waals surface area contributed by atoms with Gasteiger partial charge in [-0.25, -0.2) is 4.98 Å². The van der Waals surface area contributed by atoms with E-state index in [2.05, 4.69) is 41.1 Å². The van der Waals surface area contributed by atoms with Crippen LogP contribution < -0.4 is 0 Å². The molecule has 6 nitrogen and oxygen atoms in total. The van der Waals surface area contributed by atoms with Gasteiger partial charge in [-0.05, 0) is 24.8 Å². The van der Waals surface area contributed by atoms with E-state index in [0.29, 0.717) is 26.1 Å². The predicted octanol–water partition coefficient (Wildman–Crippen LogP) is 2.68. The van der Waals surface area contributed by atoms with Gasteiger partial charge < -0.3 is 9.80 Å². The summed E-state index contributed by atoms with van der Waals surface area (Å²) in [5.74, 6) is 0.355. The number of aromatic nitrogens is 1. The van der Waals surface area contributed by atoms with Gasteiger partial charge in [0, 0.05) is 50.2 Å². The fourth-order valence-corrected chi connectivity index (χ4v) is 4.91. The van der Waals surface area contributed by atoms with Crippen LogP contribution in [0.25, 0.3) is 10.6 Å². The lowest BCUT2D eigenvalue weighted by atomic mass is 10.1. The van der Waals surface area contributed by atoms with Crippen molar-refractivity contribution in [1.29, 1.82) is 0 Å². The highest BCUT2D eigenvalue weighted by Gasteiger charge is 2.25. The predicted molar refractivity (Wildman–Crippen MR) is 119 cm³/mol. The molecule has 1 aromatic carbocycles. The van der Waals surface area contributed by atoms with E-state index in [4.69, 9.17) is 0 Å². The second kappa shape index (κ2) is 9.71. The molecule has 2 aromatic rings. The summed E-state index contributed by atoms with van der Waals surface area (Å²) in [6, 6.07) is 8.48. The molecule has 7 heteroatoms. The summed E-state index contributed by atoms with van der Waals surface area (Å²) >= 11 is 1.59. The van der Waals surface area contributed by atoms with Gasteiger partial charge in [-0.2, -0.15) is 0 Å². The van der Waals surface area contributed by atoms with Gasteiger partial charge in [0.1, 0.15) is 5.01 Å². The zero-order valence-corrected chi connectivity index (χ0v) is 18.5. The first-order valence-corrected chi connectivity index (χ1v) is 11.8. The SMILES string of the molecule is CCc1ccc(-c2nc(CC(=O)N3CCN(CC(=O)N4CCCC4)CC3)cs2)cc1. The highest BCUT2D eigenvalue weighted by molar-refractivity contribution is 7.13. The number of likely N-dealkylation sites (tertiary alicyclic amines) is 1. The Bertz CT molecular complexity index is 866. The number of carbonyl (C=O) groups is 2. The topological polar surface area (TPSA) is 56.8 Å². The molecule has 2 aliphatic heterocycles. The van der Waals surface area contributed by atoms with Crippen molar-refractivity contribution < 1.29 is 9.59 Å². The van der Waals surface area contributed by atoms with Crippen molar-refractivity contribution in [2.75, 3.05) is 45.8 Å². The molecule has 30 heavy (non-hydrogen) atoms. The van der Waals surface area contributed by atoms with Crippen LogP contribution in [-0.4, -0.2) is 77.3 Å². The Kier molecular flexibility index (Phi) is 6.79. The number of piperazine rings is 1. The van der Waals surface area contributed by atoms with Crippen LogP contribution in [0.15, 0.2) is 29.6 Å². The number of rotatable bonds is 6. The molecule has 160 valence electrons. The van der Waals surface area contributed by atoms with E-state index in [-0.39, 0.29) is 11.8 Å². The summed E-state index contributed by atoms with van der Waals surface area (Å²) < 4.78 is 0. The van der Waals surface area contributed by atoms with Gasteiger partial charge in [-0.15, -0.1) is 11.3 Å². The van der Waals surface area contributed by atoms with Crippen molar-refractivity contribution >= 4 is 23.2 Å². The van der Waals surface area contributed by atoms with Crippen molar-refractivity contribution in [2.45, 2.75) is 32.6 Å². The average molecular weight is 427 g/mol. The Labute approximate surface area is 182 Å². The summed E-state index contributed by atoms with van der Waals surface area (Å²) in [5.41, 5.74) is 3.25. The van der Waals surface area contributed by atoms with E-state index in [0.717, 1.165) is 61.7 Å². The Morgan fingerprint density at radius 1 is 0.933 bits per heavy atom. The average Bonchev–Trinajstić information content (AvgIpc) is 3.47. The number of thiazole rings is 1. The minimum atomic E-state index is 0.124. The van der Waals surface area contributed by atoms with E-state index < -0.39 is 0 Å². The molecule has 0 N–H and O–H groups in total. The van der Waals surface area contributed by atoms with Crippen LogP contribution in [0, 0.1) is 0 Å². The number of aryl methyl sites for hydroxylation is 1. The Hall–Kier alpha value is -2.25. The summed E-state index contributed by atoms with van der Waals surface area (Å²) in [6.07, 6.45) is 3.61. The smallest absolute Gasteiger partial charge is 0.236 e. The number of carbonyl (C=O) groups excluding carboxylic acids is 2. The molecule has 0 saturated carbocycles. The molecule has 2 amide bonds. The molecule has 0 bridgehead atoms. The van der Waals surface area contributed by atoms with Crippen molar-refractivity contribution in [2.24, 2.45) is 0 Å². The van der Waals surface area contributed by atoms with Crippen LogP contribution in [0.3, 0.4) is 0 Å². The largest absolute Gasteiger partial charge is 0.342 e. The van der Waals surface area contributed by atoms with Gasteiger partial charge in [-0.1, -0.05) is 31.2 Å². The maximum Gasteiger partial charge on any atom is 0.236 e. The Balaban J connectivity index is 1.25. The number of hydrogen-bond acceptors (Lipinski definition) is 5. The van der Waals surface area contributed by atoms with Crippen LogP contribution in [0.1, 0.15) is 31.0 Å². The lowest BCUT2D eigenvalue weighted by Gasteiger charge is -2.35. The lowest BCUT2D eigenvalue weighted by Crippen LogP contribution is -2.51. The number of amides is 2. The zero-order valence-electron chi connectivity index (χ0n) is 17.7. The van der Waals surface area contributed by atoms with Crippen LogP contribution in [0.5, 0.6) is 0 Å². The van der Waals surface area contributed by atoms with Crippen LogP contribution in [0.4, 0.5) is 0 Å². The molecular formula is C23H30N4O2S. The van der Waals surface area contributed by atoms with Crippen molar-refractivity contribution in [3.63, 3.8) is 0 Å². The monoisotopic (exact) mass is 426 g/mol. The van der Waals surface area contributed by atoms with E-state index >= 15 is 0 Å². The van der Waals surface area contributed by atoms with Gasteiger partial charge in [-0.3, -0.25) is 14.5 Å². The first kappa shape index (κ1) is 21.0. The Morgan fingerprint density at radius 2 is 1.60 bits per heavy atom. The highest BCUT2D eigenvalue weighted by Crippen LogP contribution is 2.24. The molecule has 0 spiro atoms. The maximum absolute atomic E-state index is 12.7. The number of benzene rings is 1. The molecular weight excluding hydrogens is 396 g/mol. The van der Waals surface area contributed by atoms with Crippen molar-refractivity contribution in [1.82, 2.24) is 19.7 Å². The molecule has 4 rings (SSSR count). The minimum Gasteiger partial charge on any atom is -0.342 e. The fourth-order valence-electron chi connectivity index (χ4n) is 4.08. The summed E-state index contributed by atoms with van der Waals surface area (Å²) in [6.45, 7) is 7.31. The third-order valence-corrected chi connectivity index (χ3v) is 6.98. The van der Waals surface area contributed by atoms with E-state index in [1.807, 2.05) is 15.2 Å². The second-order valence-electron chi connectivity index (χ2n) is 8.12. The zero-order chi connectivity index (χ0) is 20.9. The molecule has 2 fully saturated rings. The first-order chi connectivity index (χ1) is 14.6. The number of hydrogen-bond donors (Lipinski definition) is 0. The maximum atomic E-state index is 12.7. The van der Waals surface area contributed by atoms with Crippen molar-refractivity contribution in [3.8, 4) is 10.6 Å². The van der Waals surface area contributed by atoms with Gasteiger partial charge in [0.15, 0.2) is 0 Å². The molecule has 1 aromatic heterocycles. The molecule has 2 saturated heterocycles. The lowest BCUT2D eigenvalue weighted by molar-refractivity contribution is -0.134. The molecule has 0 radical (unpaired) electrons. The highest BCUT2D eigenvalue weighted by atomic mass is 32.1. The minimum absolute atomic E-state index is 0.124. The summed E-state index contributed by atoms with van der Waals surface area (Å²) in [5, 5.41) is 2.96. The van der Waals surface area contributed by atoms with Crippen LogP contribution in [0.2, 0.25) is 0 Å². The quantitative estimate of drug-likeness (QED) is 0.713. The number of nitrogens with zero attached hydrogens (tertiary/aromatic N) is 4. The standard InChI is InChI=1S/C23H30N4O2S/c1-2-18-5-7-19(8-6-18)23-24-20(17-30-23)15-21(28)27-13-11-25(12-14-27)16-22(29)26-9-3-4-10-26/h5-8,17H,2-4,9-16H2,1H3. The van der Waals surface area contributed by atoms with Crippen LogP contribution in [-0.2, 0) is 22.4 Å².